The Morgan fingerprint density at radius 2 is 1.96 bits per heavy atom. The van der Waals surface area contributed by atoms with E-state index >= 15 is 0 Å². The van der Waals surface area contributed by atoms with Crippen LogP contribution < -0.4 is 20.9 Å². The molecule has 0 amide bonds. The molecule has 2 aromatic rings. The van der Waals surface area contributed by atoms with E-state index in [2.05, 4.69) is 9.97 Å². The van der Waals surface area contributed by atoms with Gasteiger partial charge in [-0.05, 0) is 25.1 Å². The van der Waals surface area contributed by atoms with Gasteiger partial charge in [-0.25, -0.2) is 9.78 Å². The second kappa shape index (κ2) is 7.30. The van der Waals surface area contributed by atoms with Gasteiger partial charge in [0.1, 0.15) is 5.75 Å². The van der Waals surface area contributed by atoms with Crippen LogP contribution in [0.25, 0.3) is 0 Å². The van der Waals surface area contributed by atoms with Gasteiger partial charge in [0.2, 0.25) is 5.95 Å². The first-order chi connectivity index (χ1) is 11.0. The molecule has 0 bridgehead atoms. The highest BCUT2D eigenvalue weighted by Crippen LogP contribution is 2.23. The lowest BCUT2D eigenvalue weighted by Gasteiger charge is -2.11. The van der Waals surface area contributed by atoms with E-state index in [1.807, 2.05) is 0 Å². The van der Waals surface area contributed by atoms with E-state index < -0.39 is 5.97 Å². The molecular formula is C15H18N4O4. The van der Waals surface area contributed by atoms with E-state index in [1.54, 1.807) is 19.1 Å². The van der Waals surface area contributed by atoms with Gasteiger partial charge in [-0.3, -0.25) is 0 Å². The largest absolute Gasteiger partial charge is 0.493 e. The Morgan fingerprint density at radius 3 is 2.65 bits per heavy atom. The lowest BCUT2D eigenvalue weighted by molar-refractivity contribution is 0.0696. The third kappa shape index (κ3) is 4.47. The quantitative estimate of drug-likeness (QED) is 0.654. The van der Waals surface area contributed by atoms with Crippen LogP contribution in [0.3, 0.4) is 0 Å². The number of nitrogens with zero attached hydrogens (tertiary/aromatic N) is 2. The molecule has 0 unspecified atom stereocenters. The Hall–Kier alpha value is -3.03. The van der Waals surface area contributed by atoms with Crippen molar-refractivity contribution in [1.29, 1.82) is 0 Å². The van der Waals surface area contributed by atoms with Gasteiger partial charge in [0, 0.05) is 6.42 Å². The second-order valence-electron chi connectivity index (χ2n) is 4.77. The molecule has 2 rings (SSSR count). The second-order valence-corrected chi connectivity index (χ2v) is 4.77. The Kier molecular flexibility index (Phi) is 5.19. The summed E-state index contributed by atoms with van der Waals surface area (Å²) >= 11 is 0. The molecule has 23 heavy (non-hydrogen) atoms. The van der Waals surface area contributed by atoms with Crippen molar-refractivity contribution in [3.63, 3.8) is 0 Å². The average Bonchev–Trinajstić information content (AvgIpc) is 2.49. The summed E-state index contributed by atoms with van der Waals surface area (Å²) in [5, 5.41) is 8.91. The van der Waals surface area contributed by atoms with Gasteiger partial charge in [0.25, 0.3) is 0 Å². The fraction of sp³-hybridized carbons (Fsp3) is 0.267. The number of anilines is 2. The fourth-order valence-corrected chi connectivity index (χ4v) is 1.93. The normalized spacial score (nSPS) is 10.3. The van der Waals surface area contributed by atoms with Crippen LogP contribution in [-0.4, -0.2) is 34.3 Å². The molecular weight excluding hydrogens is 300 g/mol. The molecule has 0 aliphatic heterocycles. The third-order valence-corrected chi connectivity index (χ3v) is 2.96. The summed E-state index contributed by atoms with van der Waals surface area (Å²) in [5.41, 5.74) is 12.0. The first kappa shape index (κ1) is 16.3. The molecule has 1 aromatic carbocycles. The zero-order chi connectivity index (χ0) is 16.8. The van der Waals surface area contributed by atoms with Crippen molar-refractivity contribution >= 4 is 17.7 Å². The summed E-state index contributed by atoms with van der Waals surface area (Å²) in [7, 11) is 0. The summed E-state index contributed by atoms with van der Waals surface area (Å²) in [5.74, 6) is 0.218. The van der Waals surface area contributed by atoms with Crippen LogP contribution in [0, 0.1) is 6.92 Å². The zero-order valence-electron chi connectivity index (χ0n) is 12.7. The molecule has 1 aromatic heterocycles. The Bertz CT molecular complexity index is 683. The minimum absolute atomic E-state index is 0.106. The van der Waals surface area contributed by atoms with Crippen molar-refractivity contribution < 1.29 is 19.4 Å². The first-order valence-corrected chi connectivity index (χ1v) is 6.96. The topological polar surface area (TPSA) is 134 Å². The van der Waals surface area contributed by atoms with E-state index in [9.17, 15) is 4.79 Å². The van der Waals surface area contributed by atoms with Crippen LogP contribution in [0.4, 0.5) is 11.8 Å². The molecule has 0 saturated carbocycles. The van der Waals surface area contributed by atoms with Gasteiger partial charge >= 0.3 is 5.97 Å². The summed E-state index contributed by atoms with van der Waals surface area (Å²) < 4.78 is 11.0. The molecule has 5 N–H and O–H groups in total. The van der Waals surface area contributed by atoms with E-state index in [4.69, 9.17) is 26.0 Å². The number of rotatable bonds is 7. The van der Waals surface area contributed by atoms with Crippen LogP contribution in [0.5, 0.6) is 11.5 Å². The Balaban J connectivity index is 1.80. The summed E-state index contributed by atoms with van der Waals surface area (Å²) in [6, 6.07) is 6.30. The standard InChI is InChI=1S/C15H18N4O4/c1-9-12(13(16)19-15(17)18-9)23-7-3-6-22-11-5-2-4-10(8-11)14(20)21/h2,4-5,8H,3,6-7H2,1H3,(H,20,21)(H4,16,17,18,19). The van der Waals surface area contributed by atoms with Gasteiger partial charge in [-0.15, -0.1) is 0 Å². The number of carbonyl (C=O) groups is 1. The number of carboxylic acid groups (broad SMARTS) is 1. The number of benzene rings is 1. The van der Waals surface area contributed by atoms with E-state index in [-0.39, 0.29) is 17.3 Å². The molecule has 0 fully saturated rings. The van der Waals surface area contributed by atoms with E-state index in [1.165, 1.54) is 12.1 Å². The van der Waals surface area contributed by atoms with Crippen molar-refractivity contribution in [2.45, 2.75) is 13.3 Å². The minimum Gasteiger partial charge on any atom is -0.493 e. The molecule has 0 saturated heterocycles. The molecule has 0 aliphatic carbocycles. The molecule has 0 spiro atoms. The maximum Gasteiger partial charge on any atom is 0.335 e. The van der Waals surface area contributed by atoms with Gasteiger partial charge in [0.15, 0.2) is 11.6 Å². The average molecular weight is 318 g/mol. The van der Waals surface area contributed by atoms with Crippen LogP contribution in [0.2, 0.25) is 0 Å². The first-order valence-electron chi connectivity index (χ1n) is 6.96. The highest BCUT2D eigenvalue weighted by Gasteiger charge is 2.09. The maximum absolute atomic E-state index is 10.9. The van der Waals surface area contributed by atoms with Crippen LogP contribution >= 0.6 is 0 Å². The summed E-state index contributed by atoms with van der Waals surface area (Å²) in [4.78, 5) is 18.7. The van der Waals surface area contributed by atoms with E-state index in [0.717, 1.165) is 0 Å². The SMILES string of the molecule is Cc1nc(N)nc(N)c1OCCCOc1cccc(C(=O)O)c1. The van der Waals surface area contributed by atoms with Crippen LogP contribution in [-0.2, 0) is 0 Å². The summed E-state index contributed by atoms with van der Waals surface area (Å²) in [6.45, 7) is 2.46. The molecule has 8 nitrogen and oxygen atoms in total. The fourth-order valence-electron chi connectivity index (χ4n) is 1.93. The maximum atomic E-state index is 10.9. The van der Waals surface area contributed by atoms with Gasteiger partial charge in [-0.1, -0.05) is 6.07 Å². The molecule has 1 heterocycles. The predicted molar refractivity (Wildman–Crippen MR) is 84.6 cm³/mol. The van der Waals surface area contributed by atoms with Crippen molar-refractivity contribution in [3.8, 4) is 11.5 Å². The Labute approximate surface area is 133 Å². The van der Waals surface area contributed by atoms with Crippen molar-refractivity contribution in [1.82, 2.24) is 9.97 Å². The number of aromatic carboxylic acids is 1. The lowest BCUT2D eigenvalue weighted by atomic mass is 10.2. The number of nitrogen functional groups attached to an aromatic ring is 2. The summed E-state index contributed by atoms with van der Waals surface area (Å²) in [6.07, 6.45) is 0.584. The zero-order valence-corrected chi connectivity index (χ0v) is 12.7. The molecule has 8 heteroatoms. The lowest BCUT2D eigenvalue weighted by Crippen LogP contribution is -2.10. The van der Waals surface area contributed by atoms with Crippen LogP contribution in [0.15, 0.2) is 24.3 Å². The molecule has 122 valence electrons. The van der Waals surface area contributed by atoms with Crippen molar-refractivity contribution in [2.24, 2.45) is 0 Å². The molecule has 0 atom stereocenters. The predicted octanol–water partition coefficient (Wildman–Crippen LogP) is 1.50. The van der Waals surface area contributed by atoms with Gasteiger partial charge < -0.3 is 26.0 Å². The number of hydrogen-bond donors (Lipinski definition) is 3. The van der Waals surface area contributed by atoms with Gasteiger partial charge in [0.05, 0.1) is 24.5 Å². The van der Waals surface area contributed by atoms with Gasteiger partial charge in [-0.2, -0.15) is 4.98 Å². The number of aromatic nitrogens is 2. The minimum atomic E-state index is -0.993. The van der Waals surface area contributed by atoms with Crippen molar-refractivity contribution in [3.05, 3.63) is 35.5 Å². The number of nitrogens with two attached hydrogens (primary N) is 2. The molecule has 0 aliphatic rings. The van der Waals surface area contributed by atoms with Crippen LogP contribution in [0.1, 0.15) is 22.5 Å². The number of ether oxygens (including phenoxy) is 2. The number of aryl methyl sites for hydroxylation is 1. The third-order valence-electron chi connectivity index (χ3n) is 2.96. The smallest absolute Gasteiger partial charge is 0.335 e. The number of carboxylic acids is 1. The van der Waals surface area contributed by atoms with Crippen molar-refractivity contribution in [2.75, 3.05) is 24.7 Å². The number of hydrogen-bond acceptors (Lipinski definition) is 7. The monoisotopic (exact) mass is 318 g/mol. The highest BCUT2D eigenvalue weighted by molar-refractivity contribution is 5.87. The molecule has 0 radical (unpaired) electrons. The Morgan fingerprint density at radius 1 is 1.22 bits per heavy atom. The van der Waals surface area contributed by atoms with E-state index in [0.29, 0.717) is 36.8 Å². The highest BCUT2D eigenvalue weighted by atomic mass is 16.5.